The number of aryl methyl sites for hydroxylation is 1. The van der Waals surface area contributed by atoms with Crippen LogP contribution in [0.25, 0.3) is 11.1 Å². The maximum Gasteiger partial charge on any atom is 0.273 e. The van der Waals surface area contributed by atoms with E-state index in [4.69, 9.17) is 9.47 Å². The molecule has 4 rings (SSSR count). The number of anilines is 1. The van der Waals surface area contributed by atoms with E-state index in [9.17, 15) is 15.0 Å². The largest absolute Gasteiger partial charge is 0.475 e. The zero-order valence-electron chi connectivity index (χ0n) is 20.6. The molecule has 3 heterocycles. The minimum absolute atomic E-state index is 0.0304. The summed E-state index contributed by atoms with van der Waals surface area (Å²) in [6.07, 6.45) is 2.57. The number of ether oxygens (including phenoxy) is 2. The first kappa shape index (κ1) is 26.6. The van der Waals surface area contributed by atoms with Crippen LogP contribution in [0.5, 0.6) is 5.88 Å². The number of nitrogens with zero attached hydrogens (tertiary/aromatic N) is 2. The number of halogens is 2. The number of carbonyl (C=O) groups excluding carboxylic acids is 1. The first-order valence-corrected chi connectivity index (χ1v) is 11.9. The highest BCUT2D eigenvalue weighted by Gasteiger charge is 2.34. The molecule has 0 bridgehead atoms. The maximum atomic E-state index is 15.2. The highest BCUT2D eigenvalue weighted by Crippen LogP contribution is 2.44. The number of hydrogen-bond donors (Lipinski definition) is 3. The van der Waals surface area contributed by atoms with E-state index in [1.165, 1.54) is 36.7 Å². The maximum absolute atomic E-state index is 15.2. The average molecular weight is 514 g/mol. The Balaban J connectivity index is 1.86. The molecule has 3 aromatic rings. The van der Waals surface area contributed by atoms with Gasteiger partial charge in [-0.3, -0.25) is 9.78 Å². The minimum Gasteiger partial charge on any atom is -0.475 e. The fourth-order valence-corrected chi connectivity index (χ4v) is 4.49. The summed E-state index contributed by atoms with van der Waals surface area (Å²) in [6.45, 7) is 2.75. The molecule has 8 nitrogen and oxygen atoms in total. The van der Waals surface area contributed by atoms with Crippen LogP contribution in [0.4, 0.5) is 14.5 Å². The molecular formula is C27H29F2N3O5. The van der Waals surface area contributed by atoms with Crippen LogP contribution in [0, 0.1) is 6.92 Å². The SMILES string of the molecule is Cc1ccc(NC(=O)c2ccncc2)c(C(C)(F)F)c1-c1cc(OCCO)nc(C2CCOCC2O)c1. The van der Waals surface area contributed by atoms with Gasteiger partial charge in [-0.15, -0.1) is 0 Å². The highest BCUT2D eigenvalue weighted by molar-refractivity contribution is 6.05. The molecule has 2 aromatic heterocycles. The zero-order valence-corrected chi connectivity index (χ0v) is 20.6. The summed E-state index contributed by atoms with van der Waals surface area (Å²) < 4.78 is 41.3. The van der Waals surface area contributed by atoms with Gasteiger partial charge in [0.2, 0.25) is 5.88 Å². The molecule has 1 fully saturated rings. The number of hydrogen-bond acceptors (Lipinski definition) is 7. The van der Waals surface area contributed by atoms with E-state index in [0.717, 1.165) is 6.92 Å². The van der Waals surface area contributed by atoms with E-state index >= 15 is 8.78 Å². The second-order valence-corrected chi connectivity index (χ2v) is 8.99. The van der Waals surface area contributed by atoms with Crippen molar-refractivity contribution in [3.05, 3.63) is 71.2 Å². The third-order valence-electron chi connectivity index (χ3n) is 6.20. The van der Waals surface area contributed by atoms with Gasteiger partial charge in [0.25, 0.3) is 11.8 Å². The summed E-state index contributed by atoms with van der Waals surface area (Å²) in [5, 5.41) is 22.4. The average Bonchev–Trinajstić information content (AvgIpc) is 2.88. The number of pyridine rings is 2. The Morgan fingerprint density at radius 1 is 1.24 bits per heavy atom. The van der Waals surface area contributed by atoms with Crippen molar-refractivity contribution >= 4 is 11.6 Å². The fourth-order valence-electron chi connectivity index (χ4n) is 4.49. The number of carbonyl (C=O) groups is 1. The number of amides is 1. The van der Waals surface area contributed by atoms with Gasteiger partial charge < -0.3 is 25.0 Å². The molecule has 2 atom stereocenters. The predicted molar refractivity (Wildman–Crippen MR) is 133 cm³/mol. The lowest BCUT2D eigenvalue weighted by molar-refractivity contribution is -0.0215. The predicted octanol–water partition coefficient (Wildman–Crippen LogP) is 4.05. The van der Waals surface area contributed by atoms with Crippen LogP contribution in [-0.4, -0.2) is 58.6 Å². The molecule has 0 aliphatic carbocycles. The summed E-state index contributed by atoms with van der Waals surface area (Å²) in [5.74, 6) is -4.12. The Morgan fingerprint density at radius 3 is 2.68 bits per heavy atom. The molecule has 0 saturated carbocycles. The normalized spacial score (nSPS) is 17.9. The molecule has 1 aromatic carbocycles. The lowest BCUT2D eigenvalue weighted by atomic mass is 9.87. The first-order chi connectivity index (χ1) is 17.7. The van der Waals surface area contributed by atoms with E-state index < -0.39 is 17.9 Å². The van der Waals surface area contributed by atoms with Gasteiger partial charge in [-0.25, -0.2) is 13.8 Å². The van der Waals surface area contributed by atoms with E-state index in [1.54, 1.807) is 19.1 Å². The Hall–Kier alpha value is -3.47. The molecule has 37 heavy (non-hydrogen) atoms. The van der Waals surface area contributed by atoms with Crippen molar-refractivity contribution in [2.45, 2.75) is 38.2 Å². The van der Waals surface area contributed by atoms with Crippen molar-refractivity contribution in [3.63, 3.8) is 0 Å². The molecule has 0 radical (unpaired) electrons. The van der Waals surface area contributed by atoms with Gasteiger partial charge in [0, 0.05) is 43.5 Å². The van der Waals surface area contributed by atoms with Gasteiger partial charge in [0.1, 0.15) is 6.61 Å². The van der Waals surface area contributed by atoms with Crippen molar-refractivity contribution in [2.75, 3.05) is 31.7 Å². The van der Waals surface area contributed by atoms with Gasteiger partial charge in [-0.05, 0) is 54.3 Å². The summed E-state index contributed by atoms with van der Waals surface area (Å²) in [4.78, 5) is 21.2. The second-order valence-electron chi connectivity index (χ2n) is 8.99. The van der Waals surface area contributed by atoms with E-state index in [1.807, 2.05) is 0 Å². The van der Waals surface area contributed by atoms with E-state index in [0.29, 0.717) is 29.8 Å². The Labute approximate surface area is 213 Å². The summed E-state index contributed by atoms with van der Waals surface area (Å²) in [7, 11) is 0. The highest BCUT2D eigenvalue weighted by atomic mass is 19.3. The van der Waals surface area contributed by atoms with Crippen LogP contribution in [0.2, 0.25) is 0 Å². The van der Waals surface area contributed by atoms with Crippen LogP contribution in [0.15, 0.2) is 48.8 Å². The Kier molecular flexibility index (Phi) is 8.11. The number of benzene rings is 1. The van der Waals surface area contributed by atoms with Crippen molar-refractivity contribution in [3.8, 4) is 17.0 Å². The van der Waals surface area contributed by atoms with Crippen LogP contribution in [0.1, 0.15) is 46.4 Å². The standard InChI is InChI=1S/C27H29F2N3O5/c1-16-3-4-20(32-26(35)17-5-8-30-9-6-17)25(27(2,28)29)24(16)18-13-21(19-7-11-36-15-22(19)34)31-23(14-18)37-12-10-33/h3-6,8-9,13-14,19,22,33-34H,7,10-12,15H2,1-2H3,(H,32,35). The van der Waals surface area contributed by atoms with Gasteiger partial charge in [0.05, 0.1) is 36.3 Å². The quantitative estimate of drug-likeness (QED) is 0.416. The van der Waals surface area contributed by atoms with Crippen molar-refractivity contribution in [2.24, 2.45) is 0 Å². The smallest absolute Gasteiger partial charge is 0.273 e. The number of nitrogens with one attached hydrogen (secondary N) is 1. The number of aromatic nitrogens is 2. The van der Waals surface area contributed by atoms with Crippen LogP contribution >= 0.6 is 0 Å². The fraction of sp³-hybridized carbons (Fsp3) is 0.370. The Bertz CT molecular complexity index is 1250. The topological polar surface area (TPSA) is 114 Å². The van der Waals surface area contributed by atoms with E-state index in [-0.39, 0.29) is 54.0 Å². The molecular weight excluding hydrogens is 484 g/mol. The van der Waals surface area contributed by atoms with Crippen molar-refractivity contribution < 1.29 is 33.3 Å². The molecule has 1 aliphatic rings. The second kappa shape index (κ2) is 11.3. The molecule has 2 unspecified atom stereocenters. The summed E-state index contributed by atoms with van der Waals surface area (Å²) in [5.41, 5.74) is 1.53. The third kappa shape index (κ3) is 6.10. The molecule has 196 valence electrons. The molecule has 1 aliphatic heterocycles. The summed E-state index contributed by atoms with van der Waals surface area (Å²) in [6, 6.07) is 9.29. The van der Waals surface area contributed by atoms with Crippen molar-refractivity contribution in [1.82, 2.24) is 9.97 Å². The number of alkyl halides is 2. The van der Waals surface area contributed by atoms with Crippen LogP contribution in [0.3, 0.4) is 0 Å². The van der Waals surface area contributed by atoms with Crippen molar-refractivity contribution in [1.29, 1.82) is 0 Å². The lowest BCUT2D eigenvalue weighted by Crippen LogP contribution is -2.31. The number of rotatable bonds is 8. The van der Waals surface area contributed by atoms with Crippen LogP contribution < -0.4 is 10.1 Å². The minimum atomic E-state index is -3.32. The number of aliphatic hydroxyl groups is 2. The zero-order chi connectivity index (χ0) is 26.6. The van der Waals surface area contributed by atoms with Gasteiger partial charge >= 0.3 is 0 Å². The van der Waals surface area contributed by atoms with E-state index in [2.05, 4.69) is 15.3 Å². The molecule has 1 saturated heterocycles. The van der Waals surface area contributed by atoms with Gasteiger partial charge in [-0.2, -0.15) is 0 Å². The van der Waals surface area contributed by atoms with Gasteiger partial charge in [-0.1, -0.05) is 6.07 Å². The van der Waals surface area contributed by atoms with Gasteiger partial charge in [0.15, 0.2) is 0 Å². The number of aliphatic hydroxyl groups excluding tert-OH is 2. The molecule has 3 N–H and O–H groups in total. The molecule has 10 heteroatoms. The first-order valence-electron chi connectivity index (χ1n) is 11.9. The van der Waals surface area contributed by atoms with Crippen LogP contribution in [-0.2, 0) is 10.7 Å². The monoisotopic (exact) mass is 513 g/mol. The Morgan fingerprint density at radius 2 is 2.00 bits per heavy atom. The third-order valence-corrected chi connectivity index (χ3v) is 6.20. The molecule has 1 amide bonds. The molecule has 0 spiro atoms. The lowest BCUT2D eigenvalue weighted by Gasteiger charge is -2.28. The summed E-state index contributed by atoms with van der Waals surface area (Å²) >= 11 is 0.